The minimum absolute atomic E-state index is 0.0324. The predicted molar refractivity (Wildman–Crippen MR) is 82.3 cm³/mol. The smallest absolute Gasteiger partial charge is 0.216 e. The van der Waals surface area contributed by atoms with Crippen LogP contribution in [-0.4, -0.2) is 13.4 Å². The van der Waals surface area contributed by atoms with E-state index >= 15 is 0 Å². The molecule has 0 spiro atoms. The Morgan fingerprint density at radius 2 is 2.14 bits per heavy atom. The molecular weight excluding hydrogens is 335 g/mol. The molecule has 1 heterocycles. The van der Waals surface area contributed by atoms with Gasteiger partial charge in [0.2, 0.25) is 10.0 Å². The molecule has 0 aliphatic carbocycles. The van der Waals surface area contributed by atoms with Crippen LogP contribution in [0, 0.1) is 5.82 Å². The number of hydrogen-bond donors (Lipinski definition) is 1. The van der Waals surface area contributed by atoms with Crippen molar-refractivity contribution in [3.8, 4) is 0 Å². The van der Waals surface area contributed by atoms with Crippen molar-refractivity contribution in [1.82, 2.24) is 9.71 Å². The van der Waals surface area contributed by atoms with E-state index in [0.717, 1.165) is 6.07 Å². The average Bonchev–Trinajstić information content (AvgIpc) is 2.86. The summed E-state index contributed by atoms with van der Waals surface area (Å²) >= 11 is 7.12. The first-order chi connectivity index (χ1) is 9.70. The number of nitrogens with one attached hydrogen (secondary N) is 1. The highest BCUT2D eigenvalue weighted by Crippen LogP contribution is 2.24. The lowest BCUT2D eigenvalue weighted by Gasteiger charge is -2.23. The molecule has 2 rings (SSSR count). The lowest BCUT2D eigenvalue weighted by atomic mass is 10.1. The SMILES string of the molecule is CC(C)(NS(=O)(=O)Cc1cc(Cl)ccc1F)c1nccs1. The molecule has 0 radical (unpaired) electrons. The molecule has 0 bridgehead atoms. The van der Waals surface area contributed by atoms with E-state index in [0.29, 0.717) is 10.0 Å². The summed E-state index contributed by atoms with van der Waals surface area (Å²) in [5.74, 6) is -1.08. The number of sulfonamides is 1. The molecule has 114 valence electrons. The first-order valence-corrected chi connectivity index (χ1v) is 8.96. The number of benzene rings is 1. The lowest BCUT2D eigenvalue weighted by molar-refractivity contribution is 0.468. The van der Waals surface area contributed by atoms with Gasteiger partial charge in [-0.15, -0.1) is 11.3 Å². The molecule has 4 nitrogen and oxygen atoms in total. The van der Waals surface area contributed by atoms with Crippen molar-refractivity contribution in [2.45, 2.75) is 25.1 Å². The molecule has 1 N–H and O–H groups in total. The molecule has 0 aliphatic rings. The van der Waals surface area contributed by atoms with Crippen LogP contribution in [0.5, 0.6) is 0 Å². The minimum atomic E-state index is -3.74. The van der Waals surface area contributed by atoms with Crippen molar-refractivity contribution >= 4 is 33.0 Å². The molecule has 1 aromatic heterocycles. The van der Waals surface area contributed by atoms with Gasteiger partial charge < -0.3 is 0 Å². The summed E-state index contributed by atoms with van der Waals surface area (Å²) in [5, 5.41) is 2.69. The Balaban J connectivity index is 2.21. The third-order valence-corrected chi connectivity index (χ3v) is 5.58. The second-order valence-corrected chi connectivity index (χ2v) is 8.11. The second kappa shape index (κ2) is 6.00. The number of rotatable bonds is 5. The van der Waals surface area contributed by atoms with Crippen LogP contribution >= 0.6 is 22.9 Å². The molecule has 0 fully saturated rings. The quantitative estimate of drug-likeness (QED) is 0.902. The average molecular weight is 349 g/mol. The van der Waals surface area contributed by atoms with Gasteiger partial charge >= 0.3 is 0 Å². The fourth-order valence-corrected chi connectivity index (χ4v) is 4.41. The summed E-state index contributed by atoms with van der Waals surface area (Å²) < 4.78 is 40.6. The van der Waals surface area contributed by atoms with Crippen molar-refractivity contribution in [2.24, 2.45) is 0 Å². The van der Waals surface area contributed by atoms with Crippen LogP contribution in [0.1, 0.15) is 24.4 Å². The Morgan fingerprint density at radius 1 is 1.43 bits per heavy atom. The zero-order chi connectivity index (χ0) is 15.7. The van der Waals surface area contributed by atoms with Crippen molar-refractivity contribution in [1.29, 1.82) is 0 Å². The van der Waals surface area contributed by atoms with Gasteiger partial charge in [-0.2, -0.15) is 0 Å². The van der Waals surface area contributed by atoms with Gasteiger partial charge in [-0.3, -0.25) is 0 Å². The molecule has 0 saturated heterocycles. The molecule has 2 aromatic rings. The van der Waals surface area contributed by atoms with Crippen LogP contribution < -0.4 is 4.72 Å². The fraction of sp³-hybridized carbons (Fsp3) is 0.308. The van der Waals surface area contributed by atoms with Gasteiger partial charge in [0.25, 0.3) is 0 Å². The van der Waals surface area contributed by atoms with Gasteiger partial charge in [0.15, 0.2) is 0 Å². The van der Waals surface area contributed by atoms with E-state index in [-0.39, 0.29) is 5.56 Å². The molecule has 0 atom stereocenters. The molecule has 8 heteroatoms. The largest absolute Gasteiger partial charge is 0.248 e. The van der Waals surface area contributed by atoms with E-state index in [1.54, 1.807) is 25.4 Å². The Morgan fingerprint density at radius 3 is 2.76 bits per heavy atom. The van der Waals surface area contributed by atoms with E-state index in [2.05, 4.69) is 9.71 Å². The van der Waals surface area contributed by atoms with Crippen LogP contribution in [0.25, 0.3) is 0 Å². The summed E-state index contributed by atoms with van der Waals surface area (Å²) in [6.45, 7) is 3.41. The maximum absolute atomic E-state index is 13.6. The highest BCUT2D eigenvalue weighted by atomic mass is 35.5. The van der Waals surface area contributed by atoms with Crippen molar-refractivity contribution in [3.63, 3.8) is 0 Å². The van der Waals surface area contributed by atoms with Gasteiger partial charge in [-0.1, -0.05) is 11.6 Å². The first kappa shape index (κ1) is 16.4. The van der Waals surface area contributed by atoms with E-state index in [1.165, 1.54) is 23.5 Å². The fourth-order valence-electron chi connectivity index (χ4n) is 1.86. The minimum Gasteiger partial charge on any atom is -0.248 e. The van der Waals surface area contributed by atoms with Crippen molar-refractivity contribution in [2.75, 3.05) is 0 Å². The normalized spacial score (nSPS) is 12.6. The van der Waals surface area contributed by atoms with Crippen LogP contribution in [0.15, 0.2) is 29.8 Å². The second-order valence-electron chi connectivity index (χ2n) is 5.06. The van der Waals surface area contributed by atoms with Crippen molar-refractivity contribution in [3.05, 3.63) is 51.2 Å². The number of hydrogen-bond acceptors (Lipinski definition) is 4. The topological polar surface area (TPSA) is 59.1 Å². The van der Waals surface area contributed by atoms with Crippen LogP contribution in [0.3, 0.4) is 0 Å². The molecular formula is C13H14ClFN2O2S2. The van der Waals surface area contributed by atoms with Crippen LogP contribution in [0.2, 0.25) is 5.02 Å². The highest BCUT2D eigenvalue weighted by Gasteiger charge is 2.29. The number of nitrogens with zero attached hydrogens (tertiary/aromatic N) is 1. The predicted octanol–water partition coefficient (Wildman–Crippen LogP) is 3.29. The molecule has 21 heavy (non-hydrogen) atoms. The molecule has 0 saturated carbocycles. The Bertz CT molecular complexity index is 731. The monoisotopic (exact) mass is 348 g/mol. The summed E-state index contributed by atoms with van der Waals surface area (Å²) in [7, 11) is -3.74. The van der Waals surface area contributed by atoms with E-state index in [4.69, 9.17) is 11.6 Å². The summed E-state index contributed by atoms with van der Waals surface area (Å²) in [5.41, 5.74) is -0.827. The van der Waals surface area contributed by atoms with Gasteiger partial charge in [0.1, 0.15) is 10.8 Å². The zero-order valence-electron chi connectivity index (χ0n) is 11.4. The molecule has 0 aliphatic heterocycles. The number of aromatic nitrogens is 1. The van der Waals surface area contributed by atoms with Crippen LogP contribution in [0.4, 0.5) is 4.39 Å². The van der Waals surface area contributed by atoms with Gasteiger partial charge in [-0.25, -0.2) is 22.5 Å². The van der Waals surface area contributed by atoms with E-state index in [9.17, 15) is 12.8 Å². The Kier molecular flexibility index (Phi) is 4.67. The summed E-state index contributed by atoms with van der Waals surface area (Å²) in [4.78, 5) is 4.11. The number of halogens is 2. The Labute approximate surface area is 132 Å². The Hall–Kier alpha value is -1.02. The van der Waals surface area contributed by atoms with Crippen LogP contribution in [-0.2, 0) is 21.3 Å². The molecule has 1 aromatic carbocycles. The number of thiazole rings is 1. The van der Waals surface area contributed by atoms with Crippen molar-refractivity contribution < 1.29 is 12.8 Å². The lowest BCUT2D eigenvalue weighted by Crippen LogP contribution is -2.41. The molecule has 0 unspecified atom stereocenters. The third kappa shape index (κ3) is 4.23. The highest BCUT2D eigenvalue weighted by molar-refractivity contribution is 7.88. The maximum Gasteiger partial charge on any atom is 0.216 e. The van der Waals surface area contributed by atoms with Gasteiger partial charge in [-0.05, 0) is 32.0 Å². The van der Waals surface area contributed by atoms with E-state index < -0.39 is 27.1 Å². The van der Waals surface area contributed by atoms with Gasteiger partial charge in [0.05, 0.1) is 11.3 Å². The summed E-state index contributed by atoms with van der Waals surface area (Å²) in [6.07, 6.45) is 1.60. The third-order valence-electron chi connectivity index (χ3n) is 2.73. The maximum atomic E-state index is 13.6. The molecule has 0 amide bonds. The van der Waals surface area contributed by atoms with Gasteiger partial charge in [0, 0.05) is 22.2 Å². The summed E-state index contributed by atoms with van der Waals surface area (Å²) in [6, 6.07) is 3.84. The zero-order valence-corrected chi connectivity index (χ0v) is 13.8. The first-order valence-electron chi connectivity index (χ1n) is 6.05. The van der Waals surface area contributed by atoms with E-state index in [1.807, 2.05) is 0 Å². The standard InChI is InChI=1S/C13H14ClFN2O2S2/c1-13(2,12-16-5-6-20-12)17-21(18,19)8-9-7-10(14)3-4-11(9)15/h3-7,17H,8H2,1-2H3.